The molecule has 1 atom stereocenters. The first-order valence-electron chi connectivity index (χ1n) is 7.48. The highest BCUT2D eigenvalue weighted by Gasteiger charge is 2.29. The third kappa shape index (κ3) is 1.84. The van der Waals surface area contributed by atoms with E-state index in [4.69, 9.17) is 0 Å². The van der Waals surface area contributed by atoms with Gasteiger partial charge in [0.05, 0.1) is 0 Å². The van der Waals surface area contributed by atoms with Crippen LogP contribution in [0.15, 0.2) is 66.2 Å². The van der Waals surface area contributed by atoms with Crippen LogP contribution in [-0.4, -0.2) is 0 Å². The Labute approximate surface area is 120 Å². The summed E-state index contributed by atoms with van der Waals surface area (Å²) in [5.74, 6) is 0.482. The van der Waals surface area contributed by atoms with E-state index in [0.717, 1.165) is 0 Å². The molecule has 2 aromatic carbocycles. The summed E-state index contributed by atoms with van der Waals surface area (Å²) in [4.78, 5) is 0. The van der Waals surface area contributed by atoms with E-state index >= 15 is 0 Å². The average molecular weight is 258 g/mol. The molecule has 0 aliphatic heterocycles. The van der Waals surface area contributed by atoms with Gasteiger partial charge in [-0.15, -0.1) is 0 Å². The van der Waals surface area contributed by atoms with Crippen LogP contribution in [0.1, 0.15) is 41.9 Å². The molecular formula is C20H18. The fourth-order valence-corrected chi connectivity index (χ4v) is 3.56. The van der Waals surface area contributed by atoms with Crippen molar-refractivity contribution in [1.82, 2.24) is 0 Å². The summed E-state index contributed by atoms with van der Waals surface area (Å²) in [7, 11) is 0. The summed E-state index contributed by atoms with van der Waals surface area (Å²) in [6, 6.07) is 19.7. The van der Waals surface area contributed by atoms with Gasteiger partial charge in [0.2, 0.25) is 0 Å². The minimum atomic E-state index is 0.482. The number of benzene rings is 2. The summed E-state index contributed by atoms with van der Waals surface area (Å²) < 4.78 is 0. The Kier molecular flexibility index (Phi) is 2.81. The predicted molar refractivity (Wildman–Crippen MR) is 85.4 cm³/mol. The van der Waals surface area contributed by atoms with Crippen molar-refractivity contribution < 1.29 is 0 Å². The molecule has 2 aliphatic rings. The number of rotatable bonds is 2. The fraction of sp³-hybridized carbons (Fsp3) is 0.200. The Bertz CT molecular complexity index is 689. The van der Waals surface area contributed by atoms with Crippen molar-refractivity contribution in [2.24, 2.45) is 0 Å². The van der Waals surface area contributed by atoms with E-state index in [9.17, 15) is 0 Å². The minimum absolute atomic E-state index is 0.482. The van der Waals surface area contributed by atoms with Crippen LogP contribution >= 0.6 is 0 Å². The molecule has 0 aromatic heterocycles. The van der Waals surface area contributed by atoms with Gasteiger partial charge in [-0.25, -0.2) is 0 Å². The Balaban J connectivity index is 1.86. The van der Waals surface area contributed by atoms with Crippen LogP contribution in [0, 0.1) is 0 Å². The highest BCUT2D eigenvalue weighted by molar-refractivity contribution is 5.93. The maximum Gasteiger partial charge on any atom is 0.0311 e. The van der Waals surface area contributed by atoms with Crippen molar-refractivity contribution in [1.29, 1.82) is 0 Å². The smallest absolute Gasteiger partial charge is 0.0311 e. The standard InChI is InChI=1S/C20H18/c1-2-8-15(9-3-1)19-14-17-12-6-7-13-18(17)20(19)16-10-4-5-11-16/h1-3,6-10,12-14,20H,4-5,11H2/t20-/m0/s1. The van der Waals surface area contributed by atoms with E-state index in [1.807, 2.05) is 0 Å². The molecular weight excluding hydrogens is 240 g/mol. The predicted octanol–water partition coefficient (Wildman–Crippen LogP) is 5.43. The zero-order valence-electron chi connectivity index (χ0n) is 11.5. The summed E-state index contributed by atoms with van der Waals surface area (Å²) in [5.41, 5.74) is 7.33. The van der Waals surface area contributed by atoms with Gasteiger partial charge in [-0.1, -0.05) is 66.2 Å². The zero-order chi connectivity index (χ0) is 13.4. The third-order valence-electron chi connectivity index (χ3n) is 4.48. The summed E-state index contributed by atoms with van der Waals surface area (Å²) in [6.07, 6.45) is 8.66. The van der Waals surface area contributed by atoms with E-state index in [-0.39, 0.29) is 0 Å². The molecule has 2 aromatic rings. The Hall–Kier alpha value is -2.08. The number of allylic oxidation sites excluding steroid dienone is 3. The van der Waals surface area contributed by atoms with Crippen molar-refractivity contribution in [3.8, 4) is 0 Å². The molecule has 0 nitrogen and oxygen atoms in total. The molecule has 0 spiro atoms. The third-order valence-corrected chi connectivity index (χ3v) is 4.48. The molecule has 98 valence electrons. The maximum atomic E-state index is 2.46. The normalized spacial score (nSPS) is 20.5. The summed E-state index contributed by atoms with van der Waals surface area (Å²) in [5, 5.41) is 0. The van der Waals surface area contributed by atoms with Gasteiger partial charge in [0.15, 0.2) is 0 Å². The molecule has 0 amide bonds. The van der Waals surface area contributed by atoms with Crippen LogP contribution in [0.3, 0.4) is 0 Å². The summed E-state index contributed by atoms with van der Waals surface area (Å²) >= 11 is 0. The molecule has 0 heterocycles. The molecule has 0 radical (unpaired) electrons. The van der Waals surface area contributed by atoms with Crippen LogP contribution in [0.25, 0.3) is 11.6 Å². The lowest BCUT2D eigenvalue weighted by atomic mass is 9.85. The highest BCUT2D eigenvalue weighted by atomic mass is 14.3. The first-order chi connectivity index (χ1) is 9.93. The van der Waals surface area contributed by atoms with Crippen molar-refractivity contribution in [3.05, 3.63) is 82.9 Å². The van der Waals surface area contributed by atoms with Gasteiger partial charge < -0.3 is 0 Å². The molecule has 0 bridgehead atoms. The first kappa shape index (κ1) is 11.7. The largest absolute Gasteiger partial charge is 0.0844 e. The van der Waals surface area contributed by atoms with Crippen LogP contribution < -0.4 is 0 Å². The van der Waals surface area contributed by atoms with Gasteiger partial charge in [-0.05, 0) is 47.6 Å². The van der Waals surface area contributed by atoms with Gasteiger partial charge >= 0.3 is 0 Å². The minimum Gasteiger partial charge on any atom is -0.0844 e. The van der Waals surface area contributed by atoms with Gasteiger partial charge in [-0.3, -0.25) is 0 Å². The van der Waals surface area contributed by atoms with E-state index in [1.54, 1.807) is 5.57 Å². The molecule has 0 heteroatoms. The first-order valence-corrected chi connectivity index (χ1v) is 7.48. The number of hydrogen-bond acceptors (Lipinski definition) is 0. The molecule has 0 fully saturated rings. The van der Waals surface area contributed by atoms with Crippen molar-refractivity contribution in [2.75, 3.05) is 0 Å². The zero-order valence-corrected chi connectivity index (χ0v) is 11.5. The van der Waals surface area contributed by atoms with E-state index < -0.39 is 0 Å². The van der Waals surface area contributed by atoms with Crippen LogP contribution in [0.4, 0.5) is 0 Å². The highest BCUT2D eigenvalue weighted by Crippen LogP contribution is 2.48. The van der Waals surface area contributed by atoms with Crippen LogP contribution in [0.5, 0.6) is 0 Å². The Morgan fingerprint density at radius 3 is 2.45 bits per heavy atom. The number of fused-ring (bicyclic) bond motifs is 1. The second-order valence-corrected chi connectivity index (χ2v) is 5.70. The molecule has 0 saturated carbocycles. The van der Waals surface area contributed by atoms with E-state index in [1.165, 1.54) is 41.5 Å². The van der Waals surface area contributed by atoms with Gasteiger partial charge in [0.25, 0.3) is 0 Å². The monoisotopic (exact) mass is 258 g/mol. The van der Waals surface area contributed by atoms with Crippen LogP contribution in [0.2, 0.25) is 0 Å². The quantitative estimate of drug-likeness (QED) is 0.630. The molecule has 4 rings (SSSR count). The van der Waals surface area contributed by atoms with Crippen molar-refractivity contribution in [2.45, 2.75) is 25.2 Å². The topological polar surface area (TPSA) is 0 Å². The second-order valence-electron chi connectivity index (χ2n) is 5.70. The molecule has 0 unspecified atom stereocenters. The van der Waals surface area contributed by atoms with E-state index in [0.29, 0.717) is 5.92 Å². The van der Waals surface area contributed by atoms with Crippen LogP contribution in [-0.2, 0) is 0 Å². The van der Waals surface area contributed by atoms with Gasteiger partial charge in [0.1, 0.15) is 0 Å². The van der Waals surface area contributed by atoms with Crippen molar-refractivity contribution in [3.63, 3.8) is 0 Å². The number of hydrogen-bond donors (Lipinski definition) is 0. The SMILES string of the molecule is C1=C([C@@H]2C(c3ccccc3)=Cc3ccccc32)CCC1. The Morgan fingerprint density at radius 1 is 0.850 bits per heavy atom. The molecule has 2 aliphatic carbocycles. The van der Waals surface area contributed by atoms with E-state index in [2.05, 4.69) is 66.7 Å². The van der Waals surface area contributed by atoms with Gasteiger partial charge in [-0.2, -0.15) is 0 Å². The average Bonchev–Trinajstić information content (AvgIpc) is 3.14. The Morgan fingerprint density at radius 2 is 1.65 bits per heavy atom. The fourth-order valence-electron chi connectivity index (χ4n) is 3.56. The lowest BCUT2D eigenvalue weighted by Gasteiger charge is -2.19. The lowest BCUT2D eigenvalue weighted by molar-refractivity contribution is 0.864. The molecule has 20 heavy (non-hydrogen) atoms. The molecule has 0 N–H and O–H groups in total. The second kappa shape index (κ2) is 4.79. The molecule has 0 saturated heterocycles. The maximum absolute atomic E-state index is 2.46. The van der Waals surface area contributed by atoms with Crippen molar-refractivity contribution >= 4 is 11.6 Å². The lowest BCUT2D eigenvalue weighted by Crippen LogP contribution is -2.01. The van der Waals surface area contributed by atoms with Gasteiger partial charge in [0, 0.05) is 5.92 Å². The summed E-state index contributed by atoms with van der Waals surface area (Å²) in [6.45, 7) is 0.